The molecule has 0 bridgehead atoms. The summed E-state index contributed by atoms with van der Waals surface area (Å²) in [6.07, 6.45) is 1.31. The molecule has 1 heterocycles. The van der Waals surface area contributed by atoms with Gasteiger partial charge in [0, 0.05) is 6.04 Å². The molecular weight excluding hydrogens is 212 g/mol. The van der Waals surface area contributed by atoms with Crippen molar-refractivity contribution in [3.05, 3.63) is 0 Å². The van der Waals surface area contributed by atoms with E-state index in [9.17, 15) is 9.59 Å². The van der Waals surface area contributed by atoms with Crippen LogP contribution in [0.15, 0.2) is 0 Å². The average Bonchev–Trinajstić information content (AvgIpc) is 2.45. The molecule has 0 spiro atoms. The average molecular weight is 230 g/mol. The van der Waals surface area contributed by atoms with E-state index < -0.39 is 0 Å². The molecule has 1 rings (SSSR count). The van der Waals surface area contributed by atoms with Crippen LogP contribution in [0.5, 0.6) is 0 Å². The molecule has 2 N–H and O–H groups in total. The highest BCUT2D eigenvalue weighted by Crippen LogP contribution is 2.07. The van der Waals surface area contributed by atoms with E-state index >= 15 is 0 Å². The quantitative estimate of drug-likeness (QED) is 0.516. The first-order valence-corrected chi connectivity index (χ1v) is 6.46. The molecule has 1 aliphatic rings. The number of carbonyl (C=O) groups is 2. The van der Waals surface area contributed by atoms with E-state index in [4.69, 9.17) is 0 Å². The van der Waals surface area contributed by atoms with Gasteiger partial charge < -0.3 is 5.32 Å². The summed E-state index contributed by atoms with van der Waals surface area (Å²) in [5, 5.41) is 5.47. The Kier molecular flexibility index (Phi) is 5.11. The number of hydrogen-bond donors (Lipinski definition) is 2. The van der Waals surface area contributed by atoms with Crippen LogP contribution >= 0.6 is 11.8 Å². The molecule has 4 nitrogen and oxygen atoms in total. The van der Waals surface area contributed by atoms with E-state index in [2.05, 4.69) is 17.6 Å². The molecule has 1 fully saturated rings. The van der Waals surface area contributed by atoms with Crippen molar-refractivity contribution in [2.24, 2.45) is 0 Å². The minimum Gasteiger partial charge on any atom is -0.303 e. The van der Waals surface area contributed by atoms with Gasteiger partial charge in [0.25, 0.3) is 0 Å². The normalized spacial score (nSPS) is 22.9. The number of amides is 2. The van der Waals surface area contributed by atoms with E-state index in [1.165, 1.54) is 0 Å². The lowest BCUT2D eigenvalue weighted by Gasteiger charge is -2.16. The number of thioether (sulfide) groups is 1. The lowest BCUT2D eigenvalue weighted by atomic mass is 10.2. The molecule has 2 atom stereocenters. The SMILES string of the molecule is CCSCCC(C)NC1CC(=O)NC1=O. The van der Waals surface area contributed by atoms with Crippen molar-refractivity contribution < 1.29 is 9.59 Å². The number of rotatable bonds is 6. The van der Waals surface area contributed by atoms with E-state index in [0.717, 1.165) is 17.9 Å². The van der Waals surface area contributed by atoms with Gasteiger partial charge in [-0.1, -0.05) is 6.92 Å². The fourth-order valence-electron chi connectivity index (χ4n) is 1.52. The van der Waals surface area contributed by atoms with Crippen LogP contribution in [0.1, 0.15) is 26.7 Å². The number of carbonyl (C=O) groups excluding carboxylic acids is 2. The first-order valence-electron chi connectivity index (χ1n) is 5.31. The molecule has 0 saturated carbocycles. The third-order valence-corrected chi connectivity index (χ3v) is 3.29. The first kappa shape index (κ1) is 12.5. The van der Waals surface area contributed by atoms with E-state index in [1.54, 1.807) is 0 Å². The van der Waals surface area contributed by atoms with Gasteiger partial charge in [0.1, 0.15) is 0 Å². The summed E-state index contributed by atoms with van der Waals surface area (Å²) in [7, 11) is 0. The molecule has 2 unspecified atom stereocenters. The highest BCUT2D eigenvalue weighted by molar-refractivity contribution is 7.99. The maximum Gasteiger partial charge on any atom is 0.244 e. The zero-order valence-electron chi connectivity index (χ0n) is 9.21. The molecule has 15 heavy (non-hydrogen) atoms. The van der Waals surface area contributed by atoms with Gasteiger partial charge in [0.15, 0.2) is 0 Å². The third-order valence-electron chi connectivity index (χ3n) is 2.35. The van der Waals surface area contributed by atoms with Gasteiger partial charge in [0.2, 0.25) is 11.8 Å². The third kappa shape index (κ3) is 4.22. The first-order chi connectivity index (χ1) is 7.13. The monoisotopic (exact) mass is 230 g/mol. The van der Waals surface area contributed by atoms with Crippen LogP contribution in [0.4, 0.5) is 0 Å². The predicted octanol–water partition coefficient (Wildman–Crippen LogP) is 0.523. The molecule has 2 amide bonds. The Morgan fingerprint density at radius 3 is 2.87 bits per heavy atom. The van der Waals surface area contributed by atoms with Crippen LogP contribution < -0.4 is 10.6 Å². The van der Waals surface area contributed by atoms with Gasteiger partial charge in [-0.05, 0) is 24.9 Å². The van der Waals surface area contributed by atoms with Crippen molar-refractivity contribution in [2.45, 2.75) is 38.8 Å². The Morgan fingerprint density at radius 1 is 1.60 bits per heavy atom. The Morgan fingerprint density at radius 2 is 2.33 bits per heavy atom. The Bertz CT molecular complexity index is 246. The second kappa shape index (κ2) is 6.12. The second-order valence-electron chi connectivity index (χ2n) is 3.72. The Labute approximate surface area is 94.6 Å². The summed E-state index contributed by atoms with van der Waals surface area (Å²) in [6, 6.07) is -0.0372. The van der Waals surface area contributed by atoms with Crippen molar-refractivity contribution in [1.82, 2.24) is 10.6 Å². The second-order valence-corrected chi connectivity index (χ2v) is 5.12. The van der Waals surface area contributed by atoms with Crippen molar-refractivity contribution in [3.63, 3.8) is 0 Å². The summed E-state index contributed by atoms with van der Waals surface area (Å²) in [5.74, 6) is 1.85. The highest BCUT2D eigenvalue weighted by atomic mass is 32.2. The molecule has 86 valence electrons. The maximum atomic E-state index is 11.3. The lowest BCUT2D eigenvalue weighted by Crippen LogP contribution is -2.41. The number of nitrogens with one attached hydrogen (secondary N) is 2. The summed E-state index contributed by atoms with van der Waals surface area (Å²) in [4.78, 5) is 22.2. The highest BCUT2D eigenvalue weighted by Gasteiger charge is 2.30. The molecule has 0 aromatic rings. The molecule has 5 heteroatoms. The molecule has 1 aliphatic heterocycles. The van der Waals surface area contributed by atoms with Gasteiger partial charge in [-0.25, -0.2) is 0 Å². The minimum atomic E-state index is -0.320. The molecule has 1 saturated heterocycles. The molecule has 0 aromatic heterocycles. The Balaban J connectivity index is 2.22. The van der Waals surface area contributed by atoms with Gasteiger partial charge >= 0.3 is 0 Å². The lowest BCUT2D eigenvalue weighted by molar-refractivity contribution is -0.125. The van der Waals surface area contributed by atoms with Crippen LogP contribution in [0.25, 0.3) is 0 Å². The van der Waals surface area contributed by atoms with E-state index in [0.29, 0.717) is 0 Å². The molecule has 0 aromatic carbocycles. The van der Waals surface area contributed by atoms with Crippen molar-refractivity contribution >= 4 is 23.6 Å². The van der Waals surface area contributed by atoms with Gasteiger partial charge in [-0.2, -0.15) is 11.8 Å². The number of imide groups is 1. The van der Waals surface area contributed by atoms with Crippen molar-refractivity contribution in [2.75, 3.05) is 11.5 Å². The number of hydrogen-bond acceptors (Lipinski definition) is 4. The smallest absolute Gasteiger partial charge is 0.244 e. The standard InChI is InChI=1S/C10H18N2O2S/c1-3-15-5-4-7(2)11-8-6-9(13)12-10(8)14/h7-8,11H,3-6H2,1-2H3,(H,12,13,14). The fraction of sp³-hybridized carbons (Fsp3) is 0.800. The van der Waals surface area contributed by atoms with Crippen molar-refractivity contribution in [3.8, 4) is 0 Å². The van der Waals surface area contributed by atoms with Gasteiger partial charge in [-0.3, -0.25) is 14.9 Å². The van der Waals surface area contributed by atoms with Crippen molar-refractivity contribution in [1.29, 1.82) is 0 Å². The summed E-state index contributed by atoms with van der Waals surface area (Å²) in [5.41, 5.74) is 0. The minimum absolute atomic E-state index is 0.173. The molecular formula is C10H18N2O2S. The largest absolute Gasteiger partial charge is 0.303 e. The maximum absolute atomic E-state index is 11.3. The van der Waals surface area contributed by atoms with Crippen LogP contribution in [-0.4, -0.2) is 35.4 Å². The van der Waals surface area contributed by atoms with Crippen LogP contribution in [0.3, 0.4) is 0 Å². The predicted molar refractivity (Wildman–Crippen MR) is 61.8 cm³/mol. The van der Waals surface area contributed by atoms with E-state index in [-0.39, 0.29) is 30.3 Å². The van der Waals surface area contributed by atoms with Crippen LogP contribution in [0.2, 0.25) is 0 Å². The van der Waals surface area contributed by atoms with E-state index in [1.807, 2.05) is 18.7 Å². The summed E-state index contributed by atoms with van der Waals surface area (Å²) in [6.45, 7) is 4.18. The summed E-state index contributed by atoms with van der Waals surface area (Å²) >= 11 is 1.89. The van der Waals surface area contributed by atoms with Crippen LogP contribution in [0, 0.1) is 0 Å². The zero-order valence-corrected chi connectivity index (χ0v) is 10.0. The van der Waals surface area contributed by atoms with Gasteiger partial charge in [-0.15, -0.1) is 0 Å². The zero-order chi connectivity index (χ0) is 11.3. The molecule has 0 aliphatic carbocycles. The van der Waals surface area contributed by atoms with Crippen LogP contribution in [-0.2, 0) is 9.59 Å². The molecule has 0 radical (unpaired) electrons. The summed E-state index contributed by atoms with van der Waals surface area (Å²) < 4.78 is 0. The topological polar surface area (TPSA) is 58.2 Å². The van der Waals surface area contributed by atoms with Gasteiger partial charge in [0.05, 0.1) is 12.5 Å². The fourth-order valence-corrected chi connectivity index (χ4v) is 2.33. The Hall–Kier alpha value is -0.550.